The Hall–Kier alpha value is -1.54. The number of benzene rings is 1. The van der Waals surface area contributed by atoms with Crippen molar-refractivity contribution in [3.8, 4) is 6.07 Å². The number of carbonyl (C=O) groups excluding carboxylic acids is 1. The molecule has 0 radical (unpaired) electrons. The highest BCUT2D eigenvalue weighted by molar-refractivity contribution is 9.10. The summed E-state index contributed by atoms with van der Waals surface area (Å²) in [5.41, 5.74) is 6.80. The standard InChI is InChI=1S/C14H16BrN3O/c15-11-4-5-13(10(6-11)8-16)18-12-3-1-2-9(7-12)14(17)19/h4-6,9,12,18H,1-3,7H2,(H2,17,19). The quantitative estimate of drug-likeness (QED) is 0.898. The van der Waals surface area contributed by atoms with Crippen molar-refractivity contribution in [2.75, 3.05) is 5.32 Å². The van der Waals surface area contributed by atoms with Crippen LogP contribution in [0, 0.1) is 17.2 Å². The third-order valence-corrected chi connectivity index (χ3v) is 4.03. The first kappa shape index (κ1) is 13.9. The maximum atomic E-state index is 11.3. The van der Waals surface area contributed by atoms with Crippen LogP contribution in [0.3, 0.4) is 0 Å². The number of nitrogens with one attached hydrogen (secondary N) is 1. The van der Waals surface area contributed by atoms with Crippen molar-refractivity contribution in [3.05, 3.63) is 28.2 Å². The summed E-state index contributed by atoms with van der Waals surface area (Å²) in [5, 5.41) is 12.5. The average Bonchev–Trinajstić information content (AvgIpc) is 2.41. The second-order valence-corrected chi connectivity index (χ2v) is 5.82. The number of anilines is 1. The second-order valence-electron chi connectivity index (χ2n) is 4.91. The molecule has 5 heteroatoms. The van der Waals surface area contributed by atoms with Crippen LogP contribution in [-0.4, -0.2) is 11.9 Å². The molecule has 0 bridgehead atoms. The predicted octanol–water partition coefficient (Wildman–Crippen LogP) is 2.78. The Morgan fingerprint density at radius 2 is 2.26 bits per heavy atom. The van der Waals surface area contributed by atoms with Crippen LogP contribution in [0.15, 0.2) is 22.7 Å². The van der Waals surface area contributed by atoms with E-state index in [1.54, 1.807) is 6.07 Å². The molecule has 0 spiro atoms. The van der Waals surface area contributed by atoms with Crippen molar-refractivity contribution in [2.24, 2.45) is 11.7 Å². The molecule has 2 unspecified atom stereocenters. The molecule has 100 valence electrons. The zero-order valence-corrected chi connectivity index (χ0v) is 12.1. The predicted molar refractivity (Wildman–Crippen MR) is 77.4 cm³/mol. The summed E-state index contributed by atoms with van der Waals surface area (Å²) in [5.74, 6) is -0.268. The monoisotopic (exact) mass is 321 g/mol. The Bertz CT molecular complexity index is 524. The van der Waals surface area contributed by atoms with Crippen molar-refractivity contribution in [3.63, 3.8) is 0 Å². The number of nitrogens with two attached hydrogens (primary N) is 1. The lowest BCUT2D eigenvalue weighted by Crippen LogP contribution is -2.34. The molecule has 1 saturated carbocycles. The fourth-order valence-electron chi connectivity index (χ4n) is 2.53. The van der Waals surface area contributed by atoms with E-state index in [9.17, 15) is 4.79 Å². The van der Waals surface area contributed by atoms with Gasteiger partial charge in [0.25, 0.3) is 0 Å². The van der Waals surface area contributed by atoms with Gasteiger partial charge in [-0.2, -0.15) is 5.26 Å². The molecule has 3 N–H and O–H groups in total. The number of nitriles is 1. The van der Waals surface area contributed by atoms with Crippen LogP contribution in [0.1, 0.15) is 31.2 Å². The van der Waals surface area contributed by atoms with Gasteiger partial charge in [-0.3, -0.25) is 4.79 Å². The average molecular weight is 322 g/mol. The zero-order valence-electron chi connectivity index (χ0n) is 10.5. The lowest BCUT2D eigenvalue weighted by atomic mass is 9.85. The molecule has 1 aromatic rings. The molecule has 2 atom stereocenters. The van der Waals surface area contributed by atoms with E-state index in [0.717, 1.165) is 35.8 Å². The van der Waals surface area contributed by atoms with Gasteiger partial charge in [-0.15, -0.1) is 0 Å². The highest BCUT2D eigenvalue weighted by Crippen LogP contribution is 2.28. The van der Waals surface area contributed by atoms with Gasteiger partial charge in [0, 0.05) is 16.4 Å². The minimum atomic E-state index is -0.220. The fraction of sp³-hybridized carbons (Fsp3) is 0.429. The molecule has 1 aliphatic carbocycles. The molecule has 1 aromatic carbocycles. The summed E-state index contributed by atoms with van der Waals surface area (Å²) in [6.45, 7) is 0. The van der Waals surface area contributed by atoms with Gasteiger partial charge < -0.3 is 11.1 Å². The SMILES string of the molecule is N#Cc1cc(Br)ccc1NC1CCCC(C(N)=O)C1. The first-order valence-corrected chi connectivity index (χ1v) is 7.15. The van der Waals surface area contributed by atoms with E-state index in [1.165, 1.54) is 0 Å². The maximum Gasteiger partial charge on any atom is 0.220 e. The van der Waals surface area contributed by atoms with Gasteiger partial charge in [-0.25, -0.2) is 0 Å². The molecule has 0 aliphatic heterocycles. The Morgan fingerprint density at radius 3 is 2.95 bits per heavy atom. The molecule has 2 rings (SSSR count). The van der Waals surface area contributed by atoms with Gasteiger partial charge in [0.05, 0.1) is 11.3 Å². The first-order chi connectivity index (χ1) is 9.10. The number of hydrogen-bond donors (Lipinski definition) is 2. The Labute approximate surface area is 121 Å². The normalized spacial score (nSPS) is 22.5. The van der Waals surface area contributed by atoms with Gasteiger partial charge in [0.2, 0.25) is 5.91 Å². The van der Waals surface area contributed by atoms with Gasteiger partial charge >= 0.3 is 0 Å². The van der Waals surface area contributed by atoms with E-state index < -0.39 is 0 Å². The molecule has 19 heavy (non-hydrogen) atoms. The summed E-state index contributed by atoms with van der Waals surface area (Å²) in [7, 11) is 0. The minimum absolute atomic E-state index is 0.0489. The highest BCUT2D eigenvalue weighted by atomic mass is 79.9. The first-order valence-electron chi connectivity index (χ1n) is 6.35. The third-order valence-electron chi connectivity index (χ3n) is 3.54. The Kier molecular flexibility index (Phi) is 4.43. The van der Waals surface area contributed by atoms with Gasteiger partial charge in [-0.1, -0.05) is 22.4 Å². The number of primary amides is 1. The smallest absolute Gasteiger partial charge is 0.220 e. The molecule has 0 saturated heterocycles. The van der Waals surface area contributed by atoms with E-state index >= 15 is 0 Å². The number of nitrogens with zero attached hydrogens (tertiary/aromatic N) is 1. The van der Waals surface area contributed by atoms with Crippen LogP contribution in [0.4, 0.5) is 5.69 Å². The van der Waals surface area contributed by atoms with Crippen molar-refractivity contribution >= 4 is 27.5 Å². The highest BCUT2D eigenvalue weighted by Gasteiger charge is 2.25. The molecule has 0 heterocycles. The summed E-state index contributed by atoms with van der Waals surface area (Å²) in [4.78, 5) is 11.3. The van der Waals surface area contributed by atoms with Gasteiger partial charge in [0.1, 0.15) is 6.07 Å². The fourth-order valence-corrected chi connectivity index (χ4v) is 2.90. The number of rotatable bonds is 3. The Balaban J connectivity index is 2.09. The summed E-state index contributed by atoms with van der Waals surface area (Å²) < 4.78 is 0.883. The van der Waals surface area contributed by atoms with E-state index in [2.05, 4.69) is 27.3 Å². The largest absolute Gasteiger partial charge is 0.381 e. The molecule has 1 amide bonds. The molecule has 4 nitrogen and oxygen atoms in total. The number of hydrogen-bond acceptors (Lipinski definition) is 3. The maximum absolute atomic E-state index is 11.3. The number of amides is 1. The van der Waals surface area contributed by atoms with Crippen LogP contribution >= 0.6 is 15.9 Å². The minimum Gasteiger partial charge on any atom is -0.381 e. The molecule has 1 aliphatic rings. The van der Waals surface area contributed by atoms with E-state index in [-0.39, 0.29) is 17.9 Å². The summed E-state index contributed by atoms with van der Waals surface area (Å²) >= 11 is 3.35. The topological polar surface area (TPSA) is 78.9 Å². The molecule has 0 aromatic heterocycles. The van der Waals surface area contributed by atoms with Crippen LogP contribution in [0.25, 0.3) is 0 Å². The van der Waals surface area contributed by atoms with Crippen LogP contribution in [0.5, 0.6) is 0 Å². The second kappa shape index (κ2) is 6.07. The van der Waals surface area contributed by atoms with Crippen LogP contribution in [-0.2, 0) is 4.79 Å². The zero-order chi connectivity index (χ0) is 13.8. The molecular formula is C14H16BrN3O. The van der Waals surface area contributed by atoms with Crippen molar-refractivity contribution in [1.29, 1.82) is 5.26 Å². The van der Waals surface area contributed by atoms with E-state index in [1.807, 2.05) is 12.1 Å². The van der Waals surface area contributed by atoms with Crippen molar-refractivity contribution in [2.45, 2.75) is 31.7 Å². The molecule has 1 fully saturated rings. The lowest BCUT2D eigenvalue weighted by molar-refractivity contribution is -0.122. The third kappa shape index (κ3) is 3.48. The van der Waals surface area contributed by atoms with Crippen LogP contribution < -0.4 is 11.1 Å². The summed E-state index contributed by atoms with van der Waals surface area (Å²) in [6, 6.07) is 7.96. The van der Waals surface area contributed by atoms with Crippen molar-refractivity contribution < 1.29 is 4.79 Å². The van der Waals surface area contributed by atoms with E-state index in [4.69, 9.17) is 11.0 Å². The molecular weight excluding hydrogens is 306 g/mol. The van der Waals surface area contributed by atoms with Crippen LogP contribution in [0.2, 0.25) is 0 Å². The Morgan fingerprint density at radius 1 is 1.47 bits per heavy atom. The van der Waals surface area contributed by atoms with Gasteiger partial charge in [-0.05, 0) is 37.5 Å². The van der Waals surface area contributed by atoms with Crippen molar-refractivity contribution in [1.82, 2.24) is 0 Å². The number of halogens is 1. The van der Waals surface area contributed by atoms with Gasteiger partial charge in [0.15, 0.2) is 0 Å². The summed E-state index contributed by atoms with van der Waals surface area (Å²) in [6.07, 6.45) is 3.61. The lowest BCUT2D eigenvalue weighted by Gasteiger charge is -2.29. The van der Waals surface area contributed by atoms with E-state index in [0.29, 0.717) is 5.56 Å². The number of carbonyl (C=O) groups is 1.